The van der Waals surface area contributed by atoms with Crippen LogP contribution in [0.2, 0.25) is 0 Å². The van der Waals surface area contributed by atoms with Crippen LogP contribution < -0.4 is 0 Å². The van der Waals surface area contributed by atoms with Gasteiger partial charge in [-0.15, -0.1) is 0 Å². The molecule has 0 aliphatic heterocycles. The molecule has 0 aromatic heterocycles. The molecule has 0 saturated heterocycles. The molecule has 0 aliphatic carbocycles. The van der Waals surface area contributed by atoms with E-state index >= 15 is 0 Å². The van der Waals surface area contributed by atoms with Crippen LogP contribution in [0.15, 0.2) is 0 Å². The standard InChI is InChI=1S/C5H10O5S.Ca/c1-2-5(6)10-3-4-11(7,8)9;/h2-4H2,1H3,(H,7,8,9);. The number of hydrogen-bond acceptors (Lipinski definition) is 4. The summed E-state index contributed by atoms with van der Waals surface area (Å²) in [5, 5.41) is 0. The quantitative estimate of drug-likeness (QED) is 0.392. The molecule has 2 radical (unpaired) electrons. The average molecular weight is 222 g/mol. The van der Waals surface area contributed by atoms with Crippen LogP contribution in [0.4, 0.5) is 0 Å². The van der Waals surface area contributed by atoms with Crippen LogP contribution in [0, 0.1) is 0 Å². The molecule has 0 rings (SSSR count). The summed E-state index contributed by atoms with van der Waals surface area (Å²) in [7, 11) is -4.01. The summed E-state index contributed by atoms with van der Waals surface area (Å²) in [5.41, 5.74) is 0. The molecule has 0 atom stereocenters. The van der Waals surface area contributed by atoms with Crippen molar-refractivity contribution in [3.8, 4) is 0 Å². The number of carbonyl (C=O) groups is 1. The third-order valence-electron chi connectivity index (χ3n) is 0.893. The number of ether oxygens (including phenoxy) is 1. The number of hydrogen-bond donors (Lipinski definition) is 1. The minimum absolute atomic E-state index is 0. The molecule has 12 heavy (non-hydrogen) atoms. The van der Waals surface area contributed by atoms with Crippen molar-refractivity contribution in [1.29, 1.82) is 0 Å². The first-order chi connectivity index (χ1) is 4.95. The van der Waals surface area contributed by atoms with E-state index in [4.69, 9.17) is 4.55 Å². The summed E-state index contributed by atoms with van der Waals surface area (Å²) in [5.74, 6) is -1.02. The Kier molecular flexibility index (Phi) is 8.93. The summed E-state index contributed by atoms with van der Waals surface area (Å²) in [6.45, 7) is 1.31. The van der Waals surface area contributed by atoms with Gasteiger partial charge in [-0.25, -0.2) is 0 Å². The molecule has 0 aromatic rings. The average Bonchev–Trinajstić information content (AvgIpc) is 1.85. The summed E-state index contributed by atoms with van der Waals surface area (Å²) >= 11 is 0. The first-order valence-electron chi connectivity index (χ1n) is 3.06. The molecule has 1 N–H and O–H groups in total. The van der Waals surface area contributed by atoms with Gasteiger partial charge in [-0.05, 0) is 0 Å². The van der Waals surface area contributed by atoms with Crippen molar-refractivity contribution in [2.24, 2.45) is 0 Å². The molecule has 0 fully saturated rings. The Labute approximate surface area is 101 Å². The van der Waals surface area contributed by atoms with Crippen LogP contribution in [-0.4, -0.2) is 69.0 Å². The zero-order valence-electron chi connectivity index (χ0n) is 6.82. The van der Waals surface area contributed by atoms with Gasteiger partial charge in [-0.2, -0.15) is 8.42 Å². The molecule has 0 spiro atoms. The topological polar surface area (TPSA) is 80.7 Å². The number of esters is 1. The normalized spacial score (nSPS) is 10.2. The Morgan fingerprint density at radius 3 is 2.33 bits per heavy atom. The van der Waals surface area contributed by atoms with E-state index in [-0.39, 0.29) is 50.8 Å². The smallest absolute Gasteiger partial charge is 0.305 e. The van der Waals surface area contributed by atoms with E-state index in [2.05, 4.69) is 4.74 Å². The van der Waals surface area contributed by atoms with Gasteiger partial charge >= 0.3 is 5.97 Å². The zero-order chi connectivity index (χ0) is 8.91. The molecule has 0 aliphatic rings. The molecule has 0 aromatic carbocycles. The van der Waals surface area contributed by atoms with Crippen LogP contribution in [0.5, 0.6) is 0 Å². The maximum absolute atomic E-state index is 10.4. The van der Waals surface area contributed by atoms with Gasteiger partial charge < -0.3 is 4.74 Å². The molecule has 68 valence electrons. The van der Waals surface area contributed by atoms with Crippen molar-refractivity contribution in [1.82, 2.24) is 0 Å². The van der Waals surface area contributed by atoms with Crippen molar-refractivity contribution >= 4 is 53.8 Å². The summed E-state index contributed by atoms with van der Waals surface area (Å²) in [6.07, 6.45) is 0.200. The van der Waals surface area contributed by atoms with E-state index in [1.54, 1.807) is 6.92 Å². The molecule has 5 nitrogen and oxygen atoms in total. The van der Waals surface area contributed by atoms with Crippen molar-refractivity contribution in [2.75, 3.05) is 12.4 Å². The van der Waals surface area contributed by atoms with Crippen molar-refractivity contribution in [2.45, 2.75) is 13.3 Å². The van der Waals surface area contributed by atoms with Crippen molar-refractivity contribution in [3.05, 3.63) is 0 Å². The molecule has 7 heteroatoms. The molecule has 0 bridgehead atoms. The van der Waals surface area contributed by atoms with Gasteiger partial charge in [0.25, 0.3) is 10.1 Å². The third-order valence-corrected chi connectivity index (χ3v) is 1.58. The maximum Gasteiger partial charge on any atom is 0.305 e. The Morgan fingerprint density at radius 2 is 2.00 bits per heavy atom. The molecule has 0 saturated carbocycles. The molecular weight excluding hydrogens is 212 g/mol. The first kappa shape index (κ1) is 15.1. The van der Waals surface area contributed by atoms with Gasteiger partial charge in [-0.3, -0.25) is 9.35 Å². The first-order valence-corrected chi connectivity index (χ1v) is 4.67. The van der Waals surface area contributed by atoms with E-state index in [1.165, 1.54) is 0 Å². The van der Waals surface area contributed by atoms with Crippen LogP contribution in [0.25, 0.3) is 0 Å². The van der Waals surface area contributed by atoms with Crippen molar-refractivity contribution < 1.29 is 22.5 Å². The summed E-state index contributed by atoms with van der Waals surface area (Å²) < 4.78 is 32.7. The fourth-order valence-corrected chi connectivity index (χ4v) is 0.657. The van der Waals surface area contributed by atoms with Gasteiger partial charge in [0.2, 0.25) is 0 Å². The SMILES string of the molecule is CCC(=O)OCCS(=O)(=O)O.[Ca]. The Hall–Kier alpha value is 0.640. The van der Waals surface area contributed by atoms with Crippen LogP contribution >= 0.6 is 0 Å². The van der Waals surface area contributed by atoms with Gasteiger partial charge in [0, 0.05) is 44.2 Å². The number of rotatable bonds is 4. The maximum atomic E-state index is 10.4. The number of carbonyl (C=O) groups excluding carboxylic acids is 1. The van der Waals surface area contributed by atoms with E-state index in [0.717, 1.165) is 0 Å². The van der Waals surface area contributed by atoms with Crippen LogP contribution in [0.3, 0.4) is 0 Å². The minimum atomic E-state index is -4.01. The van der Waals surface area contributed by atoms with E-state index in [0.29, 0.717) is 0 Å². The van der Waals surface area contributed by atoms with Gasteiger partial charge in [0.05, 0.1) is 0 Å². The minimum Gasteiger partial charge on any atom is -0.465 e. The predicted molar refractivity (Wildman–Crippen MR) is 43.4 cm³/mol. The van der Waals surface area contributed by atoms with Gasteiger partial charge in [0.15, 0.2) is 0 Å². The van der Waals surface area contributed by atoms with E-state index < -0.39 is 21.8 Å². The molecule has 0 amide bonds. The second-order valence-electron chi connectivity index (χ2n) is 1.86. The van der Waals surface area contributed by atoms with E-state index in [1.807, 2.05) is 0 Å². The van der Waals surface area contributed by atoms with Crippen LogP contribution in [0.1, 0.15) is 13.3 Å². The Morgan fingerprint density at radius 1 is 1.50 bits per heavy atom. The predicted octanol–water partition coefficient (Wildman–Crippen LogP) is -0.553. The summed E-state index contributed by atoms with van der Waals surface area (Å²) in [6, 6.07) is 0. The monoisotopic (exact) mass is 222 g/mol. The van der Waals surface area contributed by atoms with Gasteiger partial charge in [0.1, 0.15) is 12.4 Å². The zero-order valence-corrected chi connectivity index (χ0v) is 9.84. The molecular formula is C5H10CaO5S. The third kappa shape index (κ3) is 10.6. The van der Waals surface area contributed by atoms with Crippen LogP contribution in [-0.2, 0) is 19.6 Å². The summed E-state index contributed by atoms with van der Waals surface area (Å²) in [4.78, 5) is 10.4. The second kappa shape index (κ2) is 7.08. The Balaban J connectivity index is 0. The molecule has 0 unspecified atom stereocenters. The molecule has 0 heterocycles. The second-order valence-corrected chi connectivity index (χ2v) is 3.43. The fourth-order valence-electron chi connectivity index (χ4n) is 0.363. The van der Waals surface area contributed by atoms with Gasteiger partial charge in [-0.1, -0.05) is 6.92 Å². The Bertz CT molecular complexity index is 222. The largest absolute Gasteiger partial charge is 0.465 e. The van der Waals surface area contributed by atoms with Crippen molar-refractivity contribution in [3.63, 3.8) is 0 Å². The van der Waals surface area contributed by atoms with E-state index in [9.17, 15) is 13.2 Å². The fraction of sp³-hybridized carbons (Fsp3) is 0.800.